The van der Waals surface area contributed by atoms with Crippen molar-refractivity contribution in [3.63, 3.8) is 0 Å². The van der Waals surface area contributed by atoms with Crippen LogP contribution in [0.15, 0.2) is 37.5 Å². The van der Waals surface area contributed by atoms with E-state index >= 15 is 0 Å². The zero-order valence-electron chi connectivity index (χ0n) is 15.3. The fraction of sp³-hybridized carbons (Fsp3) is 0.667. The topological polar surface area (TPSA) is 18.5 Å². The first kappa shape index (κ1) is 24.2. The third-order valence-electron chi connectivity index (χ3n) is 3.60. The van der Waals surface area contributed by atoms with Crippen molar-refractivity contribution in [1.29, 1.82) is 0 Å². The number of alkyl halides is 2. The predicted molar refractivity (Wildman–Crippen MR) is 115 cm³/mol. The summed E-state index contributed by atoms with van der Waals surface area (Å²) in [5, 5.41) is 0. The summed E-state index contributed by atoms with van der Waals surface area (Å²) in [5.41, 5.74) is -0.0366. The van der Waals surface area contributed by atoms with Gasteiger partial charge in [0.05, 0.1) is 30.5 Å². The van der Waals surface area contributed by atoms with Crippen LogP contribution in [0.2, 0.25) is 12.1 Å². The molecule has 6 heteroatoms. The van der Waals surface area contributed by atoms with Gasteiger partial charge in [0, 0.05) is 0 Å². The number of rotatable bonds is 16. The van der Waals surface area contributed by atoms with Gasteiger partial charge in [0.25, 0.3) is 0 Å². The van der Waals surface area contributed by atoms with Gasteiger partial charge >= 0.3 is 0 Å². The molecule has 0 spiro atoms. The molecule has 0 rings (SSSR count). The lowest BCUT2D eigenvalue weighted by atomic mass is 10.4. The highest BCUT2D eigenvalue weighted by Crippen LogP contribution is 2.12. The maximum Gasteiger partial charge on any atom is 0.131 e. The molecule has 0 N–H and O–H groups in total. The number of ether oxygens (including phenoxy) is 2. The molecular weight excluding hydrogens is 375 g/mol. The van der Waals surface area contributed by atoms with Crippen molar-refractivity contribution in [2.75, 3.05) is 0 Å². The van der Waals surface area contributed by atoms with Gasteiger partial charge in [0.2, 0.25) is 0 Å². The van der Waals surface area contributed by atoms with E-state index in [-0.39, 0.29) is 41.6 Å². The SMILES string of the molecule is C=CC(OC(Cl)CCC)[SiH2]CC=CC[SiH2]C(C=C)OC(Cl)CCC. The van der Waals surface area contributed by atoms with Crippen molar-refractivity contribution in [2.45, 2.75) is 74.2 Å². The van der Waals surface area contributed by atoms with Crippen molar-refractivity contribution in [3.8, 4) is 0 Å². The molecule has 140 valence electrons. The van der Waals surface area contributed by atoms with Gasteiger partial charge in [-0.25, -0.2) is 0 Å². The van der Waals surface area contributed by atoms with Gasteiger partial charge in [0.1, 0.15) is 11.1 Å². The summed E-state index contributed by atoms with van der Waals surface area (Å²) in [6, 6.07) is 2.21. The van der Waals surface area contributed by atoms with Crippen LogP contribution in [-0.4, -0.2) is 41.6 Å². The maximum atomic E-state index is 6.14. The molecule has 4 unspecified atom stereocenters. The first-order valence-corrected chi connectivity index (χ1v) is 13.6. The number of hydrogen-bond donors (Lipinski definition) is 0. The van der Waals surface area contributed by atoms with Gasteiger partial charge in [-0.15, -0.1) is 13.2 Å². The molecule has 0 fully saturated rings. The first-order valence-electron chi connectivity index (χ1n) is 9.06. The van der Waals surface area contributed by atoms with Gasteiger partial charge in [-0.2, -0.15) is 0 Å². The van der Waals surface area contributed by atoms with E-state index in [1.165, 1.54) is 0 Å². The van der Waals surface area contributed by atoms with E-state index in [2.05, 4.69) is 39.2 Å². The van der Waals surface area contributed by atoms with Crippen LogP contribution in [0, 0.1) is 0 Å². The molecule has 0 aromatic carbocycles. The van der Waals surface area contributed by atoms with E-state index in [1.54, 1.807) is 0 Å². The molecule has 24 heavy (non-hydrogen) atoms. The fourth-order valence-electron chi connectivity index (χ4n) is 2.21. The zero-order chi connectivity index (χ0) is 18.2. The largest absolute Gasteiger partial charge is 0.359 e. The van der Waals surface area contributed by atoms with Crippen LogP contribution in [0.25, 0.3) is 0 Å². The minimum Gasteiger partial charge on any atom is -0.359 e. The van der Waals surface area contributed by atoms with E-state index in [0.29, 0.717) is 0 Å². The van der Waals surface area contributed by atoms with Crippen molar-refractivity contribution < 1.29 is 9.47 Å². The third-order valence-corrected chi connectivity index (χ3v) is 7.77. The Hall–Kier alpha value is 0.154. The number of allylic oxidation sites excluding steroid dienone is 2. The molecule has 0 radical (unpaired) electrons. The standard InChI is InChI=1S/C18H34Cl2O2Si2/c1-5-11-15(19)21-17(7-3)23-13-9-10-14-24-18(8-4)22-16(20)12-6-2/h7-10,15-18H,3-6,11-14,23-24H2,1-2H3. The van der Waals surface area contributed by atoms with E-state index < -0.39 is 0 Å². The first-order chi connectivity index (χ1) is 11.6. The van der Waals surface area contributed by atoms with Crippen LogP contribution in [0.4, 0.5) is 0 Å². The molecule has 0 aromatic rings. The molecule has 4 atom stereocenters. The molecular formula is C18H34Cl2O2Si2. The Morgan fingerprint density at radius 3 is 1.50 bits per heavy atom. The number of hydrogen-bond acceptors (Lipinski definition) is 2. The second kappa shape index (κ2) is 16.6. The minimum atomic E-state index is -0.381. The Kier molecular flexibility index (Phi) is 16.7. The molecule has 2 nitrogen and oxygen atoms in total. The summed E-state index contributed by atoms with van der Waals surface area (Å²) in [6.45, 7) is 11.9. The van der Waals surface area contributed by atoms with Crippen LogP contribution in [0.5, 0.6) is 0 Å². The highest BCUT2D eigenvalue weighted by atomic mass is 35.5. The average molecular weight is 410 g/mol. The van der Waals surface area contributed by atoms with Gasteiger partial charge in [0.15, 0.2) is 0 Å². The molecule has 0 amide bonds. The maximum absolute atomic E-state index is 6.14. The monoisotopic (exact) mass is 408 g/mol. The van der Waals surface area contributed by atoms with Crippen LogP contribution in [0.1, 0.15) is 39.5 Å². The summed E-state index contributed by atoms with van der Waals surface area (Å²) in [7, 11) is -0.761. The second-order valence-electron chi connectivity index (χ2n) is 5.84. The average Bonchev–Trinajstić information content (AvgIpc) is 2.56. The van der Waals surface area contributed by atoms with Crippen molar-refractivity contribution in [3.05, 3.63) is 37.5 Å². The lowest BCUT2D eigenvalue weighted by Crippen LogP contribution is -2.22. The second-order valence-corrected chi connectivity index (χ2v) is 10.7. The molecule has 0 aliphatic rings. The Labute approximate surface area is 163 Å². The van der Waals surface area contributed by atoms with E-state index in [0.717, 1.165) is 37.8 Å². The zero-order valence-corrected chi connectivity index (χ0v) is 19.6. The third kappa shape index (κ3) is 13.4. The Morgan fingerprint density at radius 1 is 0.833 bits per heavy atom. The van der Waals surface area contributed by atoms with Crippen molar-refractivity contribution >= 4 is 42.2 Å². The predicted octanol–water partition coefficient (Wildman–Crippen LogP) is 4.50. The molecule has 0 saturated carbocycles. The summed E-state index contributed by atoms with van der Waals surface area (Å²) >= 11 is 12.3. The van der Waals surface area contributed by atoms with E-state index in [4.69, 9.17) is 32.7 Å². The van der Waals surface area contributed by atoms with E-state index in [9.17, 15) is 0 Å². The lowest BCUT2D eigenvalue weighted by Gasteiger charge is -2.17. The van der Waals surface area contributed by atoms with E-state index in [1.807, 2.05) is 12.2 Å². The van der Waals surface area contributed by atoms with Crippen LogP contribution in [-0.2, 0) is 9.47 Å². The van der Waals surface area contributed by atoms with Gasteiger partial charge in [-0.05, 0) is 24.9 Å². The smallest absolute Gasteiger partial charge is 0.131 e. The molecule has 0 aliphatic heterocycles. The highest BCUT2D eigenvalue weighted by Gasteiger charge is 2.11. The molecule has 0 aromatic heterocycles. The molecule has 0 aliphatic carbocycles. The molecule has 0 saturated heterocycles. The van der Waals surface area contributed by atoms with Crippen molar-refractivity contribution in [2.24, 2.45) is 0 Å². The Balaban J connectivity index is 3.93. The Morgan fingerprint density at radius 2 is 1.21 bits per heavy atom. The highest BCUT2D eigenvalue weighted by molar-refractivity contribution is 6.39. The van der Waals surface area contributed by atoms with Crippen molar-refractivity contribution in [1.82, 2.24) is 0 Å². The summed E-state index contributed by atoms with van der Waals surface area (Å²) in [6.07, 6.45) is 12.2. The van der Waals surface area contributed by atoms with Crippen LogP contribution < -0.4 is 0 Å². The molecule has 0 bridgehead atoms. The fourth-order valence-corrected chi connectivity index (χ4v) is 5.88. The van der Waals surface area contributed by atoms with Crippen LogP contribution >= 0.6 is 23.2 Å². The Bertz CT molecular complexity index is 322. The summed E-state index contributed by atoms with van der Waals surface area (Å²) < 4.78 is 11.6. The normalized spacial score (nSPS) is 17.7. The molecule has 0 heterocycles. The van der Waals surface area contributed by atoms with Gasteiger partial charge < -0.3 is 9.47 Å². The lowest BCUT2D eigenvalue weighted by molar-refractivity contribution is 0.0995. The minimum absolute atomic E-state index is 0.163. The number of halogens is 2. The van der Waals surface area contributed by atoms with Gasteiger partial charge in [-0.1, -0.05) is 74.2 Å². The quantitative estimate of drug-likeness (QED) is 0.212. The summed E-state index contributed by atoms with van der Waals surface area (Å²) in [4.78, 5) is 0. The van der Waals surface area contributed by atoms with Crippen LogP contribution in [0.3, 0.4) is 0 Å². The van der Waals surface area contributed by atoms with Gasteiger partial charge in [-0.3, -0.25) is 0 Å². The summed E-state index contributed by atoms with van der Waals surface area (Å²) in [5.74, 6) is 0.